The highest BCUT2D eigenvalue weighted by atomic mass is 16.5. The quantitative estimate of drug-likeness (QED) is 0.647. The molecule has 1 amide bonds. The summed E-state index contributed by atoms with van der Waals surface area (Å²) in [5.41, 5.74) is 0. The summed E-state index contributed by atoms with van der Waals surface area (Å²) in [6.45, 7) is 0.391. The third-order valence-corrected chi connectivity index (χ3v) is 2.33. The lowest BCUT2D eigenvalue weighted by atomic mass is 9.85. The molecule has 1 rings (SSSR count). The number of carbonyl (C=O) groups excluding carboxylic acids is 2. The smallest absolute Gasteiger partial charge is 0.307 e. The fourth-order valence-electron chi connectivity index (χ4n) is 1.20. The molecule has 74 valence electrons. The maximum atomic E-state index is 11.2. The Balaban J connectivity index is 2.04. The van der Waals surface area contributed by atoms with Crippen LogP contribution in [-0.2, 0) is 14.3 Å². The lowest BCUT2D eigenvalue weighted by molar-refractivity contribution is -0.140. The van der Waals surface area contributed by atoms with E-state index in [0.717, 1.165) is 19.3 Å². The van der Waals surface area contributed by atoms with Gasteiger partial charge in [-0.2, -0.15) is 0 Å². The van der Waals surface area contributed by atoms with Crippen molar-refractivity contribution in [3.63, 3.8) is 0 Å². The predicted molar refractivity (Wildman–Crippen MR) is 47.0 cm³/mol. The molecule has 1 N–H and O–H groups in total. The Morgan fingerprint density at radius 2 is 2.15 bits per heavy atom. The van der Waals surface area contributed by atoms with Crippen molar-refractivity contribution in [2.24, 2.45) is 5.92 Å². The second-order valence-corrected chi connectivity index (χ2v) is 3.24. The highest BCUT2D eigenvalue weighted by Crippen LogP contribution is 2.25. The molecule has 0 aromatic carbocycles. The highest BCUT2D eigenvalue weighted by Gasteiger charge is 2.24. The van der Waals surface area contributed by atoms with Crippen molar-refractivity contribution in [2.45, 2.75) is 25.7 Å². The predicted octanol–water partition coefficient (Wildman–Crippen LogP) is 0.466. The fraction of sp³-hybridized carbons (Fsp3) is 0.778. The van der Waals surface area contributed by atoms with Crippen LogP contribution in [0.5, 0.6) is 0 Å². The molecule has 4 nitrogen and oxygen atoms in total. The molecule has 1 fully saturated rings. The average Bonchev–Trinajstić information content (AvgIpc) is 2.01. The van der Waals surface area contributed by atoms with E-state index in [1.165, 1.54) is 7.11 Å². The summed E-state index contributed by atoms with van der Waals surface area (Å²) >= 11 is 0. The average molecular weight is 185 g/mol. The summed E-state index contributed by atoms with van der Waals surface area (Å²) in [4.78, 5) is 21.9. The van der Waals surface area contributed by atoms with Gasteiger partial charge in [0.05, 0.1) is 13.5 Å². The number of carbonyl (C=O) groups is 2. The summed E-state index contributed by atoms with van der Waals surface area (Å²) in [6, 6.07) is 0. The van der Waals surface area contributed by atoms with Crippen LogP contribution in [0.15, 0.2) is 0 Å². The molecule has 0 saturated heterocycles. The first kappa shape index (κ1) is 10.0. The van der Waals surface area contributed by atoms with Crippen LogP contribution in [0.1, 0.15) is 25.7 Å². The molecule has 0 aliphatic heterocycles. The summed E-state index contributed by atoms with van der Waals surface area (Å²) in [5.74, 6) is -0.0123. The van der Waals surface area contributed by atoms with Gasteiger partial charge in [-0.1, -0.05) is 6.42 Å². The van der Waals surface area contributed by atoms with Crippen LogP contribution in [0.3, 0.4) is 0 Å². The van der Waals surface area contributed by atoms with E-state index in [9.17, 15) is 9.59 Å². The van der Waals surface area contributed by atoms with Gasteiger partial charge in [0, 0.05) is 12.5 Å². The summed E-state index contributed by atoms with van der Waals surface area (Å²) in [7, 11) is 1.34. The molecule has 1 aliphatic rings. The zero-order valence-corrected chi connectivity index (χ0v) is 7.84. The first-order valence-electron chi connectivity index (χ1n) is 4.58. The van der Waals surface area contributed by atoms with E-state index in [1.54, 1.807) is 0 Å². The van der Waals surface area contributed by atoms with Crippen molar-refractivity contribution in [1.82, 2.24) is 5.32 Å². The highest BCUT2D eigenvalue weighted by molar-refractivity contribution is 5.80. The molecule has 0 radical (unpaired) electrons. The Labute approximate surface area is 77.6 Å². The van der Waals surface area contributed by atoms with E-state index < -0.39 is 0 Å². The van der Waals surface area contributed by atoms with Gasteiger partial charge in [-0.15, -0.1) is 0 Å². The molecule has 0 spiro atoms. The Morgan fingerprint density at radius 1 is 1.46 bits per heavy atom. The minimum absolute atomic E-state index is 0.0788. The molecule has 0 aromatic rings. The van der Waals surface area contributed by atoms with E-state index in [-0.39, 0.29) is 24.2 Å². The van der Waals surface area contributed by atoms with Crippen molar-refractivity contribution in [3.05, 3.63) is 0 Å². The van der Waals surface area contributed by atoms with E-state index >= 15 is 0 Å². The van der Waals surface area contributed by atoms with Gasteiger partial charge in [-0.3, -0.25) is 9.59 Å². The van der Waals surface area contributed by atoms with Crippen LogP contribution in [0.4, 0.5) is 0 Å². The Morgan fingerprint density at radius 3 is 2.62 bits per heavy atom. The van der Waals surface area contributed by atoms with Crippen molar-refractivity contribution in [3.8, 4) is 0 Å². The maximum Gasteiger partial charge on any atom is 0.307 e. The molecule has 1 saturated carbocycles. The summed E-state index contributed by atoms with van der Waals surface area (Å²) < 4.78 is 4.44. The van der Waals surface area contributed by atoms with E-state index in [1.807, 2.05) is 0 Å². The van der Waals surface area contributed by atoms with Crippen LogP contribution >= 0.6 is 0 Å². The third kappa shape index (κ3) is 3.05. The molecule has 0 heterocycles. The lowest BCUT2D eigenvalue weighted by Gasteiger charge is -2.23. The molecule has 0 unspecified atom stereocenters. The minimum Gasteiger partial charge on any atom is -0.469 e. The van der Waals surface area contributed by atoms with Gasteiger partial charge in [-0.25, -0.2) is 0 Å². The first-order valence-corrected chi connectivity index (χ1v) is 4.58. The van der Waals surface area contributed by atoms with Gasteiger partial charge in [0.1, 0.15) is 0 Å². The van der Waals surface area contributed by atoms with E-state index in [4.69, 9.17) is 0 Å². The van der Waals surface area contributed by atoms with Crippen LogP contribution in [0.25, 0.3) is 0 Å². The SMILES string of the molecule is COC(=O)CCNC(=O)C1CCC1. The largest absolute Gasteiger partial charge is 0.469 e. The Kier molecular flexibility index (Phi) is 3.73. The molecule has 13 heavy (non-hydrogen) atoms. The summed E-state index contributed by atoms with van der Waals surface area (Å²) in [6.07, 6.45) is 3.39. The van der Waals surface area contributed by atoms with Crippen molar-refractivity contribution >= 4 is 11.9 Å². The number of hydrogen-bond donors (Lipinski definition) is 1. The number of methoxy groups -OCH3 is 1. The molecule has 0 bridgehead atoms. The van der Waals surface area contributed by atoms with Gasteiger partial charge < -0.3 is 10.1 Å². The Hall–Kier alpha value is -1.06. The molecule has 1 aliphatic carbocycles. The van der Waals surface area contributed by atoms with Crippen molar-refractivity contribution in [1.29, 1.82) is 0 Å². The van der Waals surface area contributed by atoms with Crippen molar-refractivity contribution < 1.29 is 14.3 Å². The second kappa shape index (κ2) is 4.84. The topological polar surface area (TPSA) is 55.4 Å². The second-order valence-electron chi connectivity index (χ2n) is 3.24. The zero-order chi connectivity index (χ0) is 9.68. The van der Waals surface area contributed by atoms with E-state index in [0.29, 0.717) is 6.54 Å². The van der Waals surface area contributed by atoms with Crippen LogP contribution < -0.4 is 5.32 Å². The normalized spacial score (nSPS) is 16.1. The minimum atomic E-state index is -0.283. The monoisotopic (exact) mass is 185 g/mol. The maximum absolute atomic E-state index is 11.2. The lowest BCUT2D eigenvalue weighted by Crippen LogP contribution is -2.35. The van der Waals surface area contributed by atoms with Crippen molar-refractivity contribution in [2.75, 3.05) is 13.7 Å². The molecular formula is C9H15NO3. The third-order valence-electron chi connectivity index (χ3n) is 2.33. The number of hydrogen-bond acceptors (Lipinski definition) is 3. The number of ether oxygens (including phenoxy) is 1. The van der Waals surface area contributed by atoms with E-state index in [2.05, 4.69) is 10.1 Å². The zero-order valence-electron chi connectivity index (χ0n) is 7.84. The van der Waals surface area contributed by atoms with Gasteiger partial charge in [0.2, 0.25) is 5.91 Å². The number of rotatable bonds is 4. The Bertz CT molecular complexity index is 199. The van der Waals surface area contributed by atoms with Gasteiger partial charge in [-0.05, 0) is 12.8 Å². The number of amides is 1. The van der Waals surface area contributed by atoms with Gasteiger partial charge in [0.25, 0.3) is 0 Å². The molecule has 0 atom stereocenters. The van der Waals surface area contributed by atoms with Gasteiger partial charge in [0.15, 0.2) is 0 Å². The molecule has 4 heteroatoms. The first-order chi connectivity index (χ1) is 6.24. The van der Waals surface area contributed by atoms with Crippen LogP contribution in [-0.4, -0.2) is 25.5 Å². The molecular weight excluding hydrogens is 170 g/mol. The standard InChI is InChI=1S/C9H15NO3/c1-13-8(11)5-6-10-9(12)7-3-2-4-7/h7H,2-6H2,1H3,(H,10,12). The van der Waals surface area contributed by atoms with Gasteiger partial charge >= 0.3 is 5.97 Å². The van der Waals surface area contributed by atoms with Crippen LogP contribution in [0, 0.1) is 5.92 Å². The number of esters is 1. The molecule has 0 aromatic heterocycles. The summed E-state index contributed by atoms with van der Waals surface area (Å²) in [5, 5.41) is 2.71. The van der Waals surface area contributed by atoms with Crippen LogP contribution in [0.2, 0.25) is 0 Å². The fourth-order valence-corrected chi connectivity index (χ4v) is 1.20. The number of nitrogens with one attached hydrogen (secondary N) is 1.